The monoisotopic (exact) mass is 536 g/mol. The molecule has 144 valence electrons. The molecule has 0 amide bonds. The first kappa shape index (κ1) is 21.0. The number of para-hydroxylation sites is 1. The Labute approximate surface area is 190 Å². The van der Waals surface area contributed by atoms with Crippen LogP contribution in [0.2, 0.25) is 0 Å². The van der Waals surface area contributed by atoms with Gasteiger partial charge in [-0.1, -0.05) is 18.2 Å². The lowest BCUT2D eigenvalue weighted by Crippen LogP contribution is -2.13. The molecule has 0 saturated carbocycles. The van der Waals surface area contributed by atoms with Crippen LogP contribution in [0.3, 0.4) is 0 Å². The maximum Gasteiger partial charge on any atom is 0.190 e. The zero-order chi connectivity index (χ0) is 18.6. The summed E-state index contributed by atoms with van der Waals surface area (Å²) in [7, 11) is 0. The van der Waals surface area contributed by atoms with Crippen LogP contribution < -0.4 is 9.54 Å². The Balaban J connectivity index is 0.00000225. The molecule has 0 unspecified atom stereocenters. The Morgan fingerprint density at radius 3 is 2.32 bits per heavy atom. The quantitative estimate of drug-likeness (QED) is 0.256. The Hall–Kier alpha value is -1.67. The summed E-state index contributed by atoms with van der Waals surface area (Å²) >= 11 is 6.94. The predicted molar refractivity (Wildman–Crippen MR) is 127 cm³/mol. The SMILES string of the molecule is Br.CCn1c(-c2ccc(Br)s2)csc1=Nc1ccc(Oc2ccccc2)cc1. The van der Waals surface area contributed by atoms with Crippen LogP contribution in [0.4, 0.5) is 5.69 Å². The number of hydrogen-bond donors (Lipinski definition) is 0. The Morgan fingerprint density at radius 2 is 1.68 bits per heavy atom. The molecule has 0 saturated heterocycles. The van der Waals surface area contributed by atoms with Gasteiger partial charge in [-0.25, -0.2) is 4.99 Å². The van der Waals surface area contributed by atoms with Crippen LogP contribution in [0.5, 0.6) is 11.5 Å². The first-order valence-corrected chi connectivity index (χ1v) is 11.0. The standard InChI is InChI=1S/C21H17BrN2OS2.BrH/c1-2-24-18(19-12-13-20(22)27-19)14-26-21(24)23-15-8-10-17(11-9-15)25-16-6-4-3-5-7-16;/h3-14H,2H2,1H3;1H. The van der Waals surface area contributed by atoms with Gasteiger partial charge in [0, 0.05) is 11.9 Å². The van der Waals surface area contributed by atoms with Crippen LogP contribution in [0.15, 0.2) is 80.9 Å². The van der Waals surface area contributed by atoms with E-state index in [4.69, 9.17) is 9.73 Å². The third-order valence-electron chi connectivity index (χ3n) is 3.98. The van der Waals surface area contributed by atoms with Crippen LogP contribution >= 0.6 is 55.6 Å². The minimum Gasteiger partial charge on any atom is -0.457 e. The van der Waals surface area contributed by atoms with Gasteiger partial charge in [0.2, 0.25) is 0 Å². The fraction of sp³-hybridized carbons (Fsp3) is 0.0952. The van der Waals surface area contributed by atoms with E-state index in [1.165, 1.54) is 10.6 Å². The van der Waals surface area contributed by atoms with Gasteiger partial charge in [0.15, 0.2) is 4.80 Å². The predicted octanol–water partition coefficient (Wildman–Crippen LogP) is 7.66. The topological polar surface area (TPSA) is 26.5 Å². The normalized spacial score (nSPS) is 11.3. The van der Waals surface area contributed by atoms with Crippen LogP contribution in [0, 0.1) is 0 Å². The number of ether oxygens (including phenoxy) is 1. The van der Waals surface area contributed by atoms with E-state index < -0.39 is 0 Å². The molecule has 0 N–H and O–H groups in total. The second kappa shape index (κ2) is 9.69. The molecule has 0 aliphatic carbocycles. The maximum absolute atomic E-state index is 5.85. The van der Waals surface area contributed by atoms with Gasteiger partial charge in [0.05, 0.1) is 20.0 Å². The largest absolute Gasteiger partial charge is 0.457 e. The lowest BCUT2D eigenvalue weighted by molar-refractivity contribution is 0.483. The van der Waals surface area contributed by atoms with E-state index >= 15 is 0 Å². The Bertz CT molecular complexity index is 1100. The van der Waals surface area contributed by atoms with Crippen molar-refractivity contribution in [1.82, 2.24) is 4.57 Å². The molecule has 0 atom stereocenters. The molecule has 7 heteroatoms. The van der Waals surface area contributed by atoms with Crippen molar-refractivity contribution >= 4 is 61.3 Å². The zero-order valence-corrected chi connectivity index (χ0v) is 20.0. The highest BCUT2D eigenvalue weighted by atomic mass is 79.9. The number of nitrogens with zero attached hydrogens (tertiary/aromatic N) is 2. The summed E-state index contributed by atoms with van der Waals surface area (Å²) in [6, 6.07) is 21.9. The van der Waals surface area contributed by atoms with E-state index in [0.29, 0.717) is 0 Å². The number of hydrogen-bond acceptors (Lipinski definition) is 4. The van der Waals surface area contributed by atoms with Crippen molar-refractivity contribution in [3.05, 3.63) is 80.7 Å². The third kappa shape index (κ3) is 4.84. The van der Waals surface area contributed by atoms with E-state index in [1.54, 1.807) is 22.7 Å². The molecule has 0 fully saturated rings. The Kier molecular flexibility index (Phi) is 7.29. The number of rotatable bonds is 5. The number of benzene rings is 2. The average molecular weight is 538 g/mol. The van der Waals surface area contributed by atoms with Gasteiger partial charge in [-0.05, 0) is 71.4 Å². The second-order valence-corrected chi connectivity index (χ2v) is 9.07. The lowest BCUT2D eigenvalue weighted by Gasteiger charge is -2.05. The van der Waals surface area contributed by atoms with Gasteiger partial charge in [-0.3, -0.25) is 0 Å². The van der Waals surface area contributed by atoms with Crippen LogP contribution in [0.25, 0.3) is 10.6 Å². The molecule has 2 aromatic heterocycles. The van der Waals surface area contributed by atoms with Crippen molar-refractivity contribution in [1.29, 1.82) is 0 Å². The molecule has 2 heterocycles. The van der Waals surface area contributed by atoms with Crippen LogP contribution in [0.1, 0.15) is 6.92 Å². The first-order valence-electron chi connectivity index (χ1n) is 8.54. The van der Waals surface area contributed by atoms with Gasteiger partial charge in [-0.2, -0.15) is 0 Å². The highest BCUT2D eigenvalue weighted by molar-refractivity contribution is 9.11. The number of thiophene rings is 1. The zero-order valence-electron chi connectivity index (χ0n) is 15.0. The average Bonchev–Trinajstić information content (AvgIpc) is 3.30. The van der Waals surface area contributed by atoms with Gasteiger partial charge < -0.3 is 9.30 Å². The van der Waals surface area contributed by atoms with Crippen LogP contribution in [-0.2, 0) is 6.54 Å². The van der Waals surface area contributed by atoms with Gasteiger partial charge in [0.1, 0.15) is 11.5 Å². The fourth-order valence-electron chi connectivity index (χ4n) is 2.70. The molecule has 0 radical (unpaired) electrons. The van der Waals surface area contributed by atoms with Gasteiger partial charge in [0.25, 0.3) is 0 Å². The first-order chi connectivity index (χ1) is 13.2. The molecule has 0 bridgehead atoms. The van der Waals surface area contributed by atoms with Gasteiger partial charge >= 0.3 is 0 Å². The summed E-state index contributed by atoms with van der Waals surface area (Å²) in [6.45, 7) is 3.02. The highest BCUT2D eigenvalue weighted by Gasteiger charge is 2.09. The maximum atomic E-state index is 5.85. The summed E-state index contributed by atoms with van der Waals surface area (Å²) in [5, 5.41) is 2.17. The second-order valence-electron chi connectivity index (χ2n) is 5.77. The smallest absolute Gasteiger partial charge is 0.190 e. The minimum atomic E-state index is 0. The Morgan fingerprint density at radius 1 is 0.964 bits per heavy atom. The summed E-state index contributed by atoms with van der Waals surface area (Å²) in [5.41, 5.74) is 2.12. The minimum absolute atomic E-state index is 0. The molecule has 0 aliphatic heterocycles. The van der Waals surface area contributed by atoms with Crippen molar-refractivity contribution in [3.63, 3.8) is 0 Å². The summed E-state index contributed by atoms with van der Waals surface area (Å²) in [4.78, 5) is 7.07. The number of halogens is 2. The van der Waals surface area contributed by atoms with E-state index in [0.717, 1.165) is 32.3 Å². The van der Waals surface area contributed by atoms with E-state index in [-0.39, 0.29) is 17.0 Å². The van der Waals surface area contributed by atoms with E-state index in [2.05, 4.69) is 44.9 Å². The third-order valence-corrected chi connectivity index (χ3v) is 6.49. The number of aromatic nitrogens is 1. The molecule has 3 nitrogen and oxygen atoms in total. The lowest BCUT2D eigenvalue weighted by atomic mass is 10.3. The van der Waals surface area contributed by atoms with Crippen molar-refractivity contribution in [2.75, 3.05) is 0 Å². The summed E-state index contributed by atoms with van der Waals surface area (Å²) in [5.74, 6) is 1.63. The molecular weight excluding hydrogens is 520 g/mol. The van der Waals surface area contributed by atoms with Crippen molar-refractivity contribution in [2.45, 2.75) is 13.5 Å². The molecule has 0 aliphatic rings. The van der Waals surface area contributed by atoms with E-state index in [1.807, 2.05) is 54.6 Å². The molecule has 4 rings (SSSR count). The van der Waals surface area contributed by atoms with E-state index in [9.17, 15) is 0 Å². The fourth-order valence-corrected chi connectivity index (χ4v) is 5.17. The van der Waals surface area contributed by atoms with Gasteiger partial charge in [-0.15, -0.1) is 39.7 Å². The molecular formula is C21H18Br2N2OS2. The number of thiazole rings is 1. The van der Waals surface area contributed by atoms with Crippen molar-refractivity contribution < 1.29 is 4.74 Å². The summed E-state index contributed by atoms with van der Waals surface area (Å²) in [6.07, 6.45) is 0. The molecule has 4 aromatic rings. The summed E-state index contributed by atoms with van der Waals surface area (Å²) < 4.78 is 9.23. The van der Waals surface area contributed by atoms with Crippen LogP contribution in [-0.4, -0.2) is 4.57 Å². The molecule has 2 aromatic carbocycles. The highest BCUT2D eigenvalue weighted by Crippen LogP contribution is 2.31. The molecule has 0 spiro atoms. The molecule has 28 heavy (non-hydrogen) atoms. The van der Waals surface area contributed by atoms with Crippen molar-refractivity contribution in [2.24, 2.45) is 4.99 Å². The van der Waals surface area contributed by atoms with Crippen molar-refractivity contribution in [3.8, 4) is 22.1 Å².